The van der Waals surface area contributed by atoms with Crippen molar-refractivity contribution in [2.24, 2.45) is 7.05 Å². The zero-order chi connectivity index (χ0) is 20.5. The van der Waals surface area contributed by atoms with Gasteiger partial charge in [0, 0.05) is 49.5 Å². The molecule has 3 aromatic heterocycles. The van der Waals surface area contributed by atoms with E-state index in [4.69, 9.17) is 0 Å². The van der Waals surface area contributed by atoms with Gasteiger partial charge in [0.15, 0.2) is 5.16 Å². The molecule has 1 aliphatic heterocycles. The van der Waals surface area contributed by atoms with E-state index in [1.165, 1.54) is 16.6 Å². The second kappa shape index (κ2) is 8.59. The van der Waals surface area contributed by atoms with Gasteiger partial charge in [-0.15, -0.1) is 22.7 Å². The fourth-order valence-electron chi connectivity index (χ4n) is 3.48. The number of hydrogen-bond acceptors (Lipinski definition) is 7. The van der Waals surface area contributed by atoms with Crippen molar-refractivity contribution in [3.05, 3.63) is 43.2 Å². The molecule has 4 heterocycles. The van der Waals surface area contributed by atoms with Gasteiger partial charge in [-0.3, -0.25) is 19.1 Å². The number of nitrogens with zero attached hydrogens (tertiary/aromatic N) is 4. The van der Waals surface area contributed by atoms with Crippen LogP contribution in [-0.2, 0) is 18.4 Å². The van der Waals surface area contributed by atoms with Gasteiger partial charge in [0.1, 0.15) is 4.83 Å². The Hall–Kier alpha value is -1.68. The highest BCUT2D eigenvalue weighted by atomic mass is 32.2. The highest BCUT2D eigenvalue weighted by Crippen LogP contribution is 2.28. The summed E-state index contributed by atoms with van der Waals surface area (Å²) in [5.41, 5.74) is 0.972. The van der Waals surface area contributed by atoms with Gasteiger partial charge in [-0.25, -0.2) is 4.98 Å². The van der Waals surface area contributed by atoms with Crippen LogP contribution in [0.15, 0.2) is 27.5 Å². The van der Waals surface area contributed by atoms with Crippen LogP contribution in [0, 0.1) is 13.8 Å². The molecule has 1 fully saturated rings. The zero-order valence-corrected chi connectivity index (χ0v) is 19.3. The highest BCUT2D eigenvalue weighted by molar-refractivity contribution is 7.99. The number of carbonyl (C=O) groups excluding carboxylic acids is 1. The second-order valence-corrected chi connectivity index (χ2v) is 10.4. The summed E-state index contributed by atoms with van der Waals surface area (Å²) in [5, 5.41) is 3.41. The molecule has 1 aliphatic rings. The van der Waals surface area contributed by atoms with Crippen LogP contribution in [0.2, 0.25) is 0 Å². The van der Waals surface area contributed by atoms with Crippen LogP contribution in [0.3, 0.4) is 0 Å². The van der Waals surface area contributed by atoms with Gasteiger partial charge in [-0.1, -0.05) is 17.8 Å². The van der Waals surface area contributed by atoms with Gasteiger partial charge in [0.2, 0.25) is 5.91 Å². The van der Waals surface area contributed by atoms with Crippen molar-refractivity contribution in [1.82, 2.24) is 19.4 Å². The van der Waals surface area contributed by atoms with Crippen LogP contribution >= 0.6 is 34.4 Å². The molecule has 0 unspecified atom stereocenters. The maximum absolute atomic E-state index is 12.7. The Morgan fingerprint density at radius 1 is 1.24 bits per heavy atom. The van der Waals surface area contributed by atoms with E-state index in [9.17, 15) is 9.59 Å². The fourth-order valence-corrected chi connectivity index (χ4v) is 6.17. The van der Waals surface area contributed by atoms with Crippen molar-refractivity contribution in [3.8, 4) is 0 Å². The SMILES string of the molecule is Cc1sc2nc(SCC(=O)N3CCN(Cc4cccs4)CC3)n(C)c(=O)c2c1C. The van der Waals surface area contributed by atoms with E-state index in [-0.39, 0.29) is 11.5 Å². The molecule has 4 rings (SSSR count). The van der Waals surface area contributed by atoms with Crippen molar-refractivity contribution in [2.45, 2.75) is 25.5 Å². The highest BCUT2D eigenvalue weighted by Gasteiger charge is 2.22. The Morgan fingerprint density at radius 2 is 2.00 bits per heavy atom. The normalized spacial score (nSPS) is 15.3. The average Bonchev–Trinajstić information content (AvgIpc) is 3.32. The minimum atomic E-state index is -0.0333. The molecule has 1 saturated heterocycles. The molecule has 0 saturated carbocycles. The molecular weight excluding hydrogens is 424 g/mol. The summed E-state index contributed by atoms with van der Waals surface area (Å²) in [6.07, 6.45) is 0. The number of hydrogen-bond donors (Lipinski definition) is 0. The van der Waals surface area contributed by atoms with E-state index >= 15 is 0 Å². The molecule has 0 aliphatic carbocycles. The van der Waals surface area contributed by atoms with Gasteiger partial charge in [0.05, 0.1) is 11.1 Å². The first kappa shape index (κ1) is 20.6. The fraction of sp³-hybridized carbons (Fsp3) is 0.450. The molecule has 154 valence electrons. The molecule has 0 N–H and O–H groups in total. The van der Waals surface area contributed by atoms with Gasteiger partial charge in [-0.05, 0) is 30.9 Å². The van der Waals surface area contributed by atoms with E-state index in [1.807, 2.05) is 18.7 Å². The largest absolute Gasteiger partial charge is 0.339 e. The minimum absolute atomic E-state index is 0.0333. The number of amides is 1. The summed E-state index contributed by atoms with van der Waals surface area (Å²) in [5.74, 6) is 0.415. The number of fused-ring (bicyclic) bond motifs is 1. The molecule has 1 amide bonds. The first-order valence-electron chi connectivity index (χ1n) is 9.56. The topological polar surface area (TPSA) is 58.4 Å². The van der Waals surface area contributed by atoms with Crippen LogP contribution in [0.1, 0.15) is 15.3 Å². The summed E-state index contributed by atoms with van der Waals surface area (Å²) >= 11 is 4.67. The van der Waals surface area contributed by atoms with Gasteiger partial charge < -0.3 is 4.90 Å². The second-order valence-electron chi connectivity index (χ2n) is 7.25. The Labute approximate surface area is 182 Å². The van der Waals surface area contributed by atoms with Crippen LogP contribution in [0.4, 0.5) is 0 Å². The van der Waals surface area contributed by atoms with Crippen molar-refractivity contribution >= 4 is 50.6 Å². The quantitative estimate of drug-likeness (QED) is 0.443. The monoisotopic (exact) mass is 448 g/mol. The molecular formula is C20H24N4O2S3. The van der Waals surface area contributed by atoms with Crippen molar-refractivity contribution in [3.63, 3.8) is 0 Å². The predicted molar refractivity (Wildman–Crippen MR) is 121 cm³/mol. The maximum Gasteiger partial charge on any atom is 0.262 e. The van der Waals surface area contributed by atoms with Crippen LogP contribution < -0.4 is 5.56 Å². The number of carbonyl (C=O) groups is 1. The number of thiophene rings is 2. The standard InChI is InChI=1S/C20H24N4O2S3/c1-13-14(2)29-18-17(13)19(26)22(3)20(21-18)28-12-16(25)24-8-6-23(7-9-24)11-15-5-4-10-27-15/h4-5,10H,6-9,11-12H2,1-3H3. The lowest BCUT2D eigenvalue weighted by molar-refractivity contribution is -0.130. The summed E-state index contributed by atoms with van der Waals surface area (Å²) in [6, 6.07) is 4.23. The van der Waals surface area contributed by atoms with Crippen LogP contribution in [0.5, 0.6) is 0 Å². The number of thioether (sulfide) groups is 1. The molecule has 6 nitrogen and oxygen atoms in total. The van der Waals surface area contributed by atoms with Crippen molar-refractivity contribution in [2.75, 3.05) is 31.9 Å². The van der Waals surface area contributed by atoms with E-state index in [2.05, 4.69) is 27.4 Å². The average molecular weight is 449 g/mol. The predicted octanol–water partition coefficient (Wildman–Crippen LogP) is 3.11. The third-order valence-electron chi connectivity index (χ3n) is 5.38. The lowest BCUT2D eigenvalue weighted by atomic mass is 10.2. The van der Waals surface area contributed by atoms with Crippen LogP contribution in [0.25, 0.3) is 10.2 Å². The zero-order valence-electron chi connectivity index (χ0n) is 16.8. The van der Waals surface area contributed by atoms with Gasteiger partial charge in [-0.2, -0.15) is 0 Å². The molecule has 0 aromatic carbocycles. The molecule has 0 bridgehead atoms. The molecule has 0 atom stereocenters. The lowest BCUT2D eigenvalue weighted by Crippen LogP contribution is -2.48. The first-order valence-corrected chi connectivity index (χ1v) is 12.2. The third-order valence-corrected chi connectivity index (χ3v) is 8.36. The smallest absolute Gasteiger partial charge is 0.262 e. The number of rotatable bonds is 5. The van der Waals surface area contributed by atoms with E-state index in [1.54, 1.807) is 34.3 Å². The molecule has 29 heavy (non-hydrogen) atoms. The number of piperazine rings is 1. The Morgan fingerprint density at radius 3 is 2.69 bits per heavy atom. The maximum atomic E-state index is 12.7. The summed E-state index contributed by atoms with van der Waals surface area (Å²) in [7, 11) is 1.73. The number of aromatic nitrogens is 2. The van der Waals surface area contributed by atoms with E-state index in [0.717, 1.165) is 48.0 Å². The van der Waals surface area contributed by atoms with Crippen molar-refractivity contribution in [1.29, 1.82) is 0 Å². The van der Waals surface area contributed by atoms with Crippen molar-refractivity contribution < 1.29 is 4.79 Å². The lowest BCUT2D eigenvalue weighted by Gasteiger charge is -2.34. The minimum Gasteiger partial charge on any atom is -0.339 e. The van der Waals surface area contributed by atoms with Gasteiger partial charge >= 0.3 is 0 Å². The molecule has 9 heteroatoms. The van der Waals surface area contributed by atoms with E-state index < -0.39 is 0 Å². The Balaban J connectivity index is 1.36. The van der Waals surface area contributed by atoms with Gasteiger partial charge in [0.25, 0.3) is 5.56 Å². The van der Waals surface area contributed by atoms with E-state index in [0.29, 0.717) is 16.3 Å². The summed E-state index contributed by atoms with van der Waals surface area (Å²) in [4.78, 5) is 37.6. The summed E-state index contributed by atoms with van der Waals surface area (Å²) < 4.78 is 1.57. The first-order chi connectivity index (χ1) is 13.9. The Bertz CT molecular complexity index is 1080. The summed E-state index contributed by atoms with van der Waals surface area (Å²) in [6.45, 7) is 8.22. The Kier molecular flexibility index (Phi) is 6.10. The van der Waals surface area contributed by atoms with Crippen LogP contribution in [-0.4, -0.2) is 57.2 Å². The number of aryl methyl sites for hydroxylation is 2. The molecule has 0 spiro atoms. The molecule has 0 radical (unpaired) electrons. The third kappa shape index (κ3) is 4.28. The molecule has 3 aromatic rings.